The predicted molar refractivity (Wildman–Crippen MR) is 89.2 cm³/mol. The normalized spacial score (nSPS) is 14.8. The highest BCUT2D eigenvalue weighted by Gasteiger charge is 2.11. The van der Waals surface area contributed by atoms with Crippen molar-refractivity contribution in [2.75, 3.05) is 20.6 Å². The van der Waals surface area contributed by atoms with Gasteiger partial charge in [-0.3, -0.25) is 4.90 Å². The molecule has 2 heteroatoms. The summed E-state index contributed by atoms with van der Waals surface area (Å²) in [6.07, 6.45) is 1.26. The smallest absolute Gasteiger partial charge is 0.0233 e. The van der Waals surface area contributed by atoms with Crippen molar-refractivity contribution < 1.29 is 0 Å². The minimum atomic E-state index is 0.576. The van der Waals surface area contributed by atoms with Crippen LogP contribution in [-0.2, 0) is 6.54 Å². The molecule has 0 fully saturated rings. The van der Waals surface area contributed by atoms with Crippen molar-refractivity contribution in [2.24, 2.45) is 5.92 Å². The lowest BCUT2D eigenvalue weighted by atomic mass is 9.99. The Bertz CT molecular complexity index is 370. The molecule has 0 aliphatic carbocycles. The Morgan fingerprint density at radius 1 is 1.05 bits per heavy atom. The van der Waals surface area contributed by atoms with Gasteiger partial charge in [0.2, 0.25) is 0 Å². The first-order valence-corrected chi connectivity index (χ1v) is 7.87. The molecule has 0 amide bonds. The standard InChI is InChI=1S/C18H32N2/c1-14(2)11-16(4)20(6)13-17-7-9-18(10-8-17)15(3)12-19-5/h7-10,14-16,19H,11-13H2,1-6H3. The maximum atomic E-state index is 3.24. The van der Waals surface area contributed by atoms with Crippen LogP contribution in [0.5, 0.6) is 0 Å². The van der Waals surface area contributed by atoms with E-state index in [0.717, 1.165) is 19.0 Å². The molecule has 0 bridgehead atoms. The van der Waals surface area contributed by atoms with Crippen LogP contribution >= 0.6 is 0 Å². The van der Waals surface area contributed by atoms with E-state index in [1.807, 2.05) is 7.05 Å². The molecule has 0 aromatic heterocycles. The van der Waals surface area contributed by atoms with E-state index in [4.69, 9.17) is 0 Å². The molecule has 20 heavy (non-hydrogen) atoms. The van der Waals surface area contributed by atoms with Crippen LogP contribution in [0.2, 0.25) is 0 Å². The fourth-order valence-electron chi connectivity index (χ4n) is 2.68. The van der Waals surface area contributed by atoms with Gasteiger partial charge in [0, 0.05) is 19.1 Å². The van der Waals surface area contributed by atoms with Crippen molar-refractivity contribution in [3.8, 4) is 0 Å². The summed E-state index contributed by atoms with van der Waals surface area (Å²) in [7, 11) is 4.24. The van der Waals surface area contributed by atoms with Crippen LogP contribution in [0.25, 0.3) is 0 Å². The second-order valence-electron chi connectivity index (χ2n) is 6.59. The molecular formula is C18H32N2. The predicted octanol–water partition coefficient (Wildman–Crippen LogP) is 3.88. The molecule has 2 atom stereocenters. The van der Waals surface area contributed by atoms with E-state index in [1.54, 1.807) is 0 Å². The monoisotopic (exact) mass is 276 g/mol. The van der Waals surface area contributed by atoms with Gasteiger partial charge >= 0.3 is 0 Å². The van der Waals surface area contributed by atoms with Gasteiger partial charge in [0.25, 0.3) is 0 Å². The highest BCUT2D eigenvalue weighted by Crippen LogP contribution is 2.17. The third-order valence-electron chi connectivity index (χ3n) is 4.06. The van der Waals surface area contributed by atoms with Crippen LogP contribution in [0.4, 0.5) is 0 Å². The largest absolute Gasteiger partial charge is 0.319 e. The molecule has 0 spiro atoms. The number of nitrogens with one attached hydrogen (secondary N) is 1. The number of rotatable bonds is 8. The number of hydrogen-bond donors (Lipinski definition) is 1. The Kier molecular flexibility index (Phi) is 7.25. The zero-order valence-corrected chi connectivity index (χ0v) is 14.1. The van der Waals surface area contributed by atoms with Crippen LogP contribution in [0.15, 0.2) is 24.3 Å². The summed E-state index contributed by atoms with van der Waals surface area (Å²) in [5, 5.41) is 3.24. The second kappa shape index (κ2) is 8.43. The fraction of sp³-hybridized carbons (Fsp3) is 0.667. The van der Waals surface area contributed by atoms with Crippen molar-refractivity contribution in [2.45, 2.75) is 52.6 Å². The summed E-state index contributed by atoms with van der Waals surface area (Å²) < 4.78 is 0. The molecule has 0 aliphatic heterocycles. The molecule has 1 aromatic carbocycles. The Morgan fingerprint density at radius 3 is 2.15 bits per heavy atom. The summed E-state index contributed by atoms with van der Waals surface area (Å²) in [5.41, 5.74) is 2.82. The number of hydrogen-bond acceptors (Lipinski definition) is 2. The maximum Gasteiger partial charge on any atom is 0.0233 e. The van der Waals surface area contributed by atoms with Crippen LogP contribution in [-0.4, -0.2) is 31.6 Å². The van der Waals surface area contributed by atoms with Gasteiger partial charge in [-0.15, -0.1) is 0 Å². The summed E-state index contributed by atoms with van der Waals surface area (Å²) in [5.74, 6) is 1.34. The molecule has 114 valence electrons. The Hall–Kier alpha value is -0.860. The summed E-state index contributed by atoms with van der Waals surface area (Å²) in [6, 6.07) is 9.74. The topological polar surface area (TPSA) is 15.3 Å². The van der Waals surface area contributed by atoms with E-state index in [1.165, 1.54) is 17.5 Å². The first kappa shape index (κ1) is 17.2. The van der Waals surface area contributed by atoms with Crippen molar-refractivity contribution in [1.82, 2.24) is 10.2 Å². The number of nitrogens with zero attached hydrogens (tertiary/aromatic N) is 1. The lowest BCUT2D eigenvalue weighted by Gasteiger charge is -2.26. The summed E-state index contributed by atoms with van der Waals surface area (Å²) >= 11 is 0. The van der Waals surface area contributed by atoms with Crippen molar-refractivity contribution >= 4 is 0 Å². The Labute approximate surface area is 125 Å². The van der Waals surface area contributed by atoms with Crippen molar-refractivity contribution in [3.05, 3.63) is 35.4 Å². The van der Waals surface area contributed by atoms with Crippen molar-refractivity contribution in [3.63, 3.8) is 0 Å². The van der Waals surface area contributed by atoms with Crippen LogP contribution < -0.4 is 5.32 Å². The molecule has 1 N–H and O–H groups in total. The average Bonchev–Trinajstić information content (AvgIpc) is 2.39. The van der Waals surface area contributed by atoms with Gasteiger partial charge in [0.05, 0.1) is 0 Å². The van der Waals surface area contributed by atoms with E-state index in [0.29, 0.717) is 12.0 Å². The van der Waals surface area contributed by atoms with Gasteiger partial charge in [-0.25, -0.2) is 0 Å². The number of likely N-dealkylation sites (N-methyl/N-ethyl adjacent to an activating group) is 1. The SMILES string of the molecule is CNCC(C)c1ccc(CN(C)C(C)CC(C)C)cc1. The highest BCUT2D eigenvalue weighted by molar-refractivity contribution is 5.25. The molecule has 0 heterocycles. The van der Waals surface area contributed by atoms with Gasteiger partial charge in [-0.2, -0.15) is 0 Å². The fourth-order valence-corrected chi connectivity index (χ4v) is 2.68. The molecule has 1 aromatic rings. The van der Waals surface area contributed by atoms with E-state index in [2.05, 4.69) is 69.2 Å². The first-order valence-electron chi connectivity index (χ1n) is 7.87. The molecular weight excluding hydrogens is 244 g/mol. The highest BCUT2D eigenvalue weighted by atomic mass is 15.1. The second-order valence-corrected chi connectivity index (χ2v) is 6.59. The third-order valence-corrected chi connectivity index (χ3v) is 4.06. The van der Waals surface area contributed by atoms with Crippen LogP contribution in [0.1, 0.15) is 51.2 Å². The summed E-state index contributed by atoms with van der Waals surface area (Å²) in [4.78, 5) is 2.45. The zero-order chi connectivity index (χ0) is 15.1. The molecule has 0 aliphatic rings. The average molecular weight is 276 g/mol. The van der Waals surface area contributed by atoms with Crippen molar-refractivity contribution in [1.29, 1.82) is 0 Å². The van der Waals surface area contributed by atoms with Gasteiger partial charge in [-0.1, -0.05) is 45.0 Å². The Morgan fingerprint density at radius 2 is 1.65 bits per heavy atom. The number of benzene rings is 1. The minimum Gasteiger partial charge on any atom is -0.319 e. The van der Waals surface area contributed by atoms with E-state index >= 15 is 0 Å². The maximum absolute atomic E-state index is 3.24. The van der Waals surface area contributed by atoms with E-state index in [9.17, 15) is 0 Å². The van der Waals surface area contributed by atoms with Gasteiger partial charge in [0.1, 0.15) is 0 Å². The van der Waals surface area contributed by atoms with E-state index in [-0.39, 0.29) is 0 Å². The molecule has 2 unspecified atom stereocenters. The van der Waals surface area contributed by atoms with Gasteiger partial charge in [0.15, 0.2) is 0 Å². The van der Waals surface area contributed by atoms with Gasteiger partial charge < -0.3 is 5.32 Å². The molecule has 0 radical (unpaired) electrons. The molecule has 0 saturated carbocycles. The Balaban J connectivity index is 2.56. The van der Waals surface area contributed by atoms with Crippen LogP contribution in [0, 0.1) is 5.92 Å². The molecule has 2 nitrogen and oxygen atoms in total. The quantitative estimate of drug-likeness (QED) is 0.775. The minimum absolute atomic E-state index is 0.576. The van der Waals surface area contributed by atoms with E-state index < -0.39 is 0 Å². The zero-order valence-electron chi connectivity index (χ0n) is 14.1. The van der Waals surface area contributed by atoms with Gasteiger partial charge in [-0.05, 0) is 50.4 Å². The molecule has 0 saturated heterocycles. The first-order chi connectivity index (χ1) is 9.43. The third kappa shape index (κ3) is 5.64. The summed E-state index contributed by atoms with van der Waals surface area (Å²) in [6.45, 7) is 11.2. The molecule has 1 rings (SSSR count). The lowest BCUT2D eigenvalue weighted by Crippen LogP contribution is -2.29. The lowest BCUT2D eigenvalue weighted by molar-refractivity contribution is 0.220. The van der Waals surface area contributed by atoms with Crippen LogP contribution in [0.3, 0.4) is 0 Å².